The molecule has 0 saturated heterocycles. The van der Waals surface area contributed by atoms with Gasteiger partial charge in [0.1, 0.15) is 27.4 Å². The minimum absolute atomic E-state index is 0.0600. The van der Waals surface area contributed by atoms with E-state index in [2.05, 4.69) is 29.0 Å². The minimum atomic E-state index is -2.16. The first-order valence-electron chi connectivity index (χ1n) is 3.64. The normalized spacial score (nSPS) is 11.0. The van der Waals surface area contributed by atoms with E-state index in [0.717, 1.165) is 0 Å². The van der Waals surface area contributed by atoms with Crippen molar-refractivity contribution >= 4 is 20.7 Å². The molecular formula is C6H12N2O5P+. The zero-order valence-corrected chi connectivity index (χ0v) is 8.85. The number of rotatable bonds is 8. The van der Waals surface area contributed by atoms with Crippen molar-refractivity contribution in [3.8, 4) is 0 Å². The van der Waals surface area contributed by atoms with E-state index in [1.54, 1.807) is 0 Å². The highest BCUT2D eigenvalue weighted by Gasteiger charge is 2.18. The number of nitrogens with zero attached hydrogens (tertiary/aromatic N) is 2. The van der Waals surface area contributed by atoms with Crippen LogP contribution in [0.15, 0.2) is 10.3 Å². The summed E-state index contributed by atoms with van der Waals surface area (Å²) in [5, 5.41) is 6.75. The summed E-state index contributed by atoms with van der Waals surface area (Å²) in [5.74, 6) is 0. The zero-order valence-electron chi connectivity index (χ0n) is 7.95. The van der Waals surface area contributed by atoms with E-state index < -0.39 is 8.25 Å². The van der Waals surface area contributed by atoms with Crippen molar-refractivity contribution in [3.05, 3.63) is 0 Å². The van der Waals surface area contributed by atoms with Gasteiger partial charge in [-0.05, 0) is 0 Å². The average molecular weight is 223 g/mol. The molecule has 0 aliphatic carbocycles. The maximum Gasteiger partial charge on any atom is 0.698 e. The Morgan fingerprint density at radius 1 is 1.07 bits per heavy atom. The molecule has 0 saturated carbocycles. The minimum Gasteiger partial charge on any atom is -0.399 e. The lowest BCUT2D eigenvalue weighted by molar-refractivity contribution is 0.208. The lowest BCUT2D eigenvalue weighted by atomic mass is 10.8. The monoisotopic (exact) mass is 223 g/mol. The Morgan fingerprint density at radius 2 is 1.50 bits per heavy atom. The van der Waals surface area contributed by atoms with Crippen LogP contribution in [0.1, 0.15) is 0 Å². The smallest absolute Gasteiger partial charge is 0.399 e. The molecule has 0 aromatic rings. The van der Waals surface area contributed by atoms with Crippen molar-refractivity contribution < 1.29 is 23.3 Å². The molecule has 0 rings (SSSR count). The van der Waals surface area contributed by atoms with Crippen molar-refractivity contribution in [1.29, 1.82) is 0 Å². The third kappa shape index (κ3) is 9.05. The average Bonchev–Trinajstić information content (AvgIpc) is 2.19. The standard InChI is InChI=1S/C6H12N2O5P/c1-10-7-3-5-12-14(9)13-6-4-8-11-2/h3-4H,5-6H2,1-2H3/q+1/b7-3+,8-4+. The molecule has 0 aliphatic heterocycles. The van der Waals surface area contributed by atoms with Gasteiger partial charge in [-0.1, -0.05) is 10.3 Å². The van der Waals surface area contributed by atoms with E-state index >= 15 is 0 Å². The van der Waals surface area contributed by atoms with E-state index in [1.165, 1.54) is 26.6 Å². The Balaban J connectivity index is 3.37. The molecule has 8 heteroatoms. The van der Waals surface area contributed by atoms with E-state index in [1.807, 2.05) is 0 Å². The third-order valence-electron chi connectivity index (χ3n) is 0.869. The fraction of sp³-hybridized carbons (Fsp3) is 0.667. The first kappa shape index (κ1) is 13.0. The maximum absolute atomic E-state index is 10.9. The van der Waals surface area contributed by atoms with Crippen molar-refractivity contribution in [3.63, 3.8) is 0 Å². The predicted octanol–water partition coefficient (Wildman–Crippen LogP) is 0.941. The Morgan fingerprint density at radius 3 is 1.86 bits per heavy atom. The van der Waals surface area contributed by atoms with E-state index in [4.69, 9.17) is 0 Å². The van der Waals surface area contributed by atoms with Crippen LogP contribution in [0.2, 0.25) is 0 Å². The van der Waals surface area contributed by atoms with Crippen LogP contribution in [0.25, 0.3) is 0 Å². The highest BCUT2D eigenvalue weighted by Crippen LogP contribution is 2.21. The molecular weight excluding hydrogens is 211 g/mol. The Labute approximate surface area is 82.6 Å². The first-order valence-corrected chi connectivity index (χ1v) is 4.74. The molecule has 0 bridgehead atoms. The summed E-state index contributed by atoms with van der Waals surface area (Å²) >= 11 is 0. The van der Waals surface area contributed by atoms with Crippen molar-refractivity contribution in [2.24, 2.45) is 10.3 Å². The number of hydrogen-bond donors (Lipinski definition) is 0. The van der Waals surface area contributed by atoms with Gasteiger partial charge < -0.3 is 9.68 Å². The molecule has 0 aromatic carbocycles. The molecule has 14 heavy (non-hydrogen) atoms. The summed E-state index contributed by atoms with van der Waals surface area (Å²) in [5.41, 5.74) is 0. The highest BCUT2D eigenvalue weighted by atomic mass is 31.1. The van der Waals surface area contributed by atoms with Crippen molar-refractivity contribution in [1.82, 2.24) is 0 Å². The molecule has 0 radical (unpaired) electrons. The topological polar surface area (TPSA) is 78.7 Å². The Hall–Kier alpha value is -1.04. The first-order chi connectivity index (χ1) is 6.81. The van der Waals surface area contributed by atoms with Crippen LogP contribution in [0, 0.1) is 0 Å². The highest BCUT2D eigenvalue weighted by molar-refractivity contribution is 7.33. The van der Waals surface area contributed by atoms with Crippen LogP contribution in [0.3, 0.4) is 0 Å². The van der Waals surface area contributed by atoms with Crippen LogP contribution in [0.4, 0.5) is 0 Å². The second kappa shape index (κ2) is 10.0. The van der Waals surface area contributed by atoms with Crippen LogP contribution in [-0.4, -0.2) is 39.9 Å². The third-order valence-corrected chi connectivity index (χ3v) is 1.59. The number of hydrogen-bond acceptors (Lipinski definition) is 7. The molecule has 7 nitrogen and oxygen atoms in total. The molecule has 0 aromatic heterocycles. The van der Waals surface area contributed by atoms with Gasteiger partial charge in [0.25, 0.3) is 0 Å². The molecule has 0 atom stereocenters. The van der Waals surface area contributed by atoms with Gasteiger partial charge in [-0.15, -0.1) is 9.05 Å². The molecule has 80 valence electrons. The van der Waals surface area contributed by atoms with Gasteiger partial charge in [-0.25, -0.2) is 0 Å². The van der Waals surface area contributed by atoms with Gasteiger partial charge in [0.05, 0.1) is 12.4 Å². The van der Waals surface area contributed by atoms with Crippen molar-refractivity contribution in [2.45, 2.75) is 0 Å². The molecule has 0 fully saturated rings. The van der Waals surface area contributed by atoms with Gasteiger partial charge in [-0.2, -0.15) is 0 Å². The quantitative estimate of drug-likeness (QED) is 0.347. The van der Waals surface area contributed by atoms with Gasteiger partial charge >= 0.3 is 8.25 Å². The fourth-order valence-corrected chi connectivity index (χ4v) is 0.887. The summed E-state index contributed by atoms with van der Waals surface area (Å²) in [6.07, 6.45) is 2.64. The largest absolute Gasteiger partial charge is 0.698 e. The lowest BCUT2D eigenvalue weighted by Gasteiger charge is -1.85. The van der Waals surface area contributed by atoms with Crippen LogP contribution in [0.5, 0.6) is 0 Å². The van der Waals surface area contributed by atoms with Crippen LogP contribution >= 0.6 is 8.25 Å². The second-order valence-electron chi connectivity index (χ2n) is 1.76. The summed E-state index contributed by atoms with van der Waals surface area (Å²) < 4.78 is 20.2. The lowest BCUT2D eigenvalue weighted by Crippen LogP contribution is -1.93. The molecule has 0 unspecified atom stereocenters. The molecule has 0 amide bonds. The van der Waals surface area contributed by atoms with E-state index in [-0.39, 0.29) is 13.2 Å². The summed E-state index contributed by atoms with van der Waals surface area (Å²) in [6, 6.07) is 0. The van der Waals surface area contributed by atoms with Crippen molar-refractivity contribution in [2.75, 3.05) is 27.4 Å². The SMILES string of the molecule is CO/N=C/CO[P+](=O)OC/C=N/OC. The zero-order chi connectivity index (χ0) is 10.6. The molecule has 0 heterocycles. The predicted molar refractivity (Wildman–Crippen MR) is 50.5 cm³/mol. The van der Waals surface area contributed by atoms with Gasteiger partial charge in [0, 0.05) is 4.57 Å². The van der Waals surface area contributed by atoms with Gasteiger partial charge in [0.2, 0.25) is 0 Å². The van der Waals surface area contributed by atoms with Gasteiger partial charge in [0.15, 0.2) is 0 Å². The molecule has 0 N–H and O–H groups in total. The Kier molecular flexibility index (Phi) is 9.30. The van der Waals surface area contributed by atoms with E-state index in [0.29, 0.717) is 0 Å². The second-order valence-corrected chi connectivity index (χ2v) is 2.72. The molecule has 0 aliphatic rings. The summed E-state index contributed by atoms with van der Waals surface area (Å²) in [4.78, 5) is 8.71. The Bertz CT molecular complexity index is 188. The number of oxime groups is 2. The fourth-order valence-electron chi connectivity index (χ4n) is 0.436. The van der Waals surface area contributed by atoms with Gasteiger partial charge in [-0.3, -0.25) is 0 Å². The summed E-state index contributed by atoms with van der Waals surface area (Å²) in [6.45, 7) is 0.120. The van der Waals surface area contributed by atoms with Crippen LogP contribution < -0.4 is 0 Å². The van der Waals surface area contributed by atoms with E-state index in [9.17, 15) is 4.57 Å². The summed E-state index contributed by atoms with van der Waals surface area (Å²) in [7, 11) is 0.637. The molecule has 0 spiro atoms. The van der Waals surface area contributed by atoms with Crippen LogP contribution in [-0.2, 0) is 23.3 Å². The maximum atomic E-state index is 10.9.